The van der Waals surface area contributed by atoms with Crippen LogP contribution in [0.5, 0.6) is 0 Å². The van der Waals surface area contributed by atoms with Gasteiger partial charge < -0.3 is 4.42 Å². The van der Waals surface area contributed by atoms with Gasteiger partial charge in [-0.3, -0.25) is 10.1 Å². The van der Waals surface area contributed by atoms with Crippen LogP contribution in [0.15, 0.2) is 65.1 Å². The summed E-state index contributed by atoms with van der Waals surface area (Å²) in [5.41, 5.74) is 1.82. The predicted molar refractivity (Wildman–Crippen MR) is 107 cm³/mol. The molecule has 0 atom stereocenters. The second kappa shape index (κ2) is 7.69. The highest BCUT2D eigenvalue weighted by atomic mass is 35.5. The van der Waals surface area contributed by atoms with Crippen LogP contribution in [0, 0.1) is 16.7 Å². The molecule has 27 heavy (non-hydrogen) atoms. The van der Waals surface area contributed by atoms with Gasteiger partial charge in [0.1, 0.15) is 17.4 Å². The lowest BCUT2D eigenvalue weighted by molar-refractivity contribution is -0.123. The van der Waals surface area contributed by atoms with Crippen LogP contribution < -0.4 is 5.32 Å². The van der Waals surface area contributed by atoms with E-state index in [1.807, 2.05) is 60.7 Å². The van der Waals surface area contributed by atoms with Crippen molar-refractivity contribution in [2.45, 2.75) is 13.8 Å². The van der Waals surface area contributed by atoms with Crippen LogP contribution in [-0.2, 0) is 4.79 Å². The Morgan fingerprint density at radius 3 is 2.15 bits per heavy atom. The number of alkyl halides is 1. The molecule has 5 heteroatoms. The predicted octanol–water partition coefficient (Wildman–Crippen LogP) is 5.69. The molecule has 1 N–H and O–H groups in total. The van der Waals surface area contributed by atoms with E-state index in [0.29, 0.717) is 16.9 Å². The molecule has 1 amide bonds. The Morgan fingerprint density at radius 1 is 1.07 bits per heavy atom. The van der Waals surface area contributed by atoms with Gasteiger partial charge in [-0.25, -0.2) is 0 Å². The molecule has 1 aromatic heterocycles. The van der Waals surface area contributed by atoms with E-state index in [-0.39, 0.29) is 17.7 Å². The lowest BCUT2D eigenvalue weighted by atomic mass is 9.95. The molecule has 0 radical (unpaired) electrons. The van der Waals surface area contributed by atoms with Crippen molar-refractivity contribution in [2.75, 3.05) is 11.2 Å². The van der Waals surface area contributed by atoms with Crippen molar-refractivity contribution in [1.82, 2.24) is 0 Å². The summed E-state index contributed by atoms with van der Waals surface area (Å²) < 4.78 is 5.99. The van der Waals surface area contributed by atoms with Gasteiger partial charge in [-0.2, -0.15) is 5.26 Å². The average molecular weight is 379 g/mol. The number of nitrogens with zero attached hydrogens (tertiary/aromatic N) is 1. The van der Waals surface area contributed by atoms with Crippen molar-refractivity contribution in [3.05, 3.63) is 66.2 Å². The van der Waals surface area contributed by atoms with Crippen LogP contribution in [0.2, 0.25) is 0 Å². The Balaban J connectivity index is 2.18. The second-order valence-corrected chi connectivity index (χ2v) is 7.09. The standard InChI is InChI=1S/C22H19ClN2O2/c1-22(2,14-23)21(26)25-20-17(13-24)18(15-9-5-3-6-10-15)19(27-20)16-11-7-4-8-12-16/h3-12H,14H2,1-2H3,(H,25,26). The molecule has 0 bridgehead atoms. The molecule has 3 aromatic rings. The van der Waals surface area contributed by atoms with Gasteiger partial charge in [-0.15, -0.1) is 11.6 Å². The Kier molecular flexibility index (Phi) is 5.34. The lowest BCUT2D eigenvalue weighted by Crippen LogP contribution is -2.32. The maximum Gasteiger partial charge on any atom is 0.233 e. The fourth-order valence-electron chi connectivity index (χ4n) is 2.63. The fraction of sp³-hybridized carbons (Fsp3) is 0.182. The van der Waals surface area contributed by atoms with Crippen LogP contribution in [0.1, 0.15) is 19.4 Å². The monoisotopic (exact) mass is 378 g/mol. The Morgan fingerprint density at radius 2 is 1.63 bits per heavy atom. The zero-order valence-electron chi connectivity index (χ0n) is 15.1. The van der Waals surface area contributed by atoms with Gasteiger partial charge in [-0.1, -0.05) is 60.7 Å². The summed E-state index contributed by atoms with van der Waals surface area (Å²) in [5.74, 6) is 0.524. The summed E-state index contributed by atoms with van der Waals surface area (Å²) in [5, 5.41) is 12.5. The molecule has 0 aliphatic carbocycles. The third kappa shape index (κ3) is 3.74. The molecule has 0 saturated heterocycles. The molecule has 0 spiro atoms. The Bertz CT molecular complexity index is 986. The summed E-state index contributed by atoms with van der Waals surface area (Å²) in [7, 11) is 0. The number of anilines is 1. The largest absolute Gasteiger partial charge is 0.438 e. The SMILES string of the molecule is CC(C)(CCl)C(=O)Nc1oc(-c2ccccc2)c(-c2ccccc2)c1C#N. The summed E-state index contributed by atoms with van der Waals surface area (Å²) in [6.07, 6.45) is 0. The number of hydrogen-bond donors (Lipinski definition) is 1. The van der Waals surface area contributed by atoms with Crippen LogP contribution in [0.25, 0.3) is 22.5 Å². The van der Waals surface area contributed by atoms with Crippen LogP contribution in [0.4, 0.5) is 5.88 Å². The van der Waals surface area contributed by atoms with Crippen molar-refractivity contribution >= 4 is 23.4 Å². The van der Waals surface area contributed by atoms with Crippen molar-refractivity contribution in [1.29, 1.82) is 5.26 Å². The zero-order chi connectivity index (χ0) is 19.4. The van der Waals surface area contributed by atoms with Gasteiger partial charge in [0.05, 0.1) is 5.41 Å². The molecule has 0 unspecified atom stereocenters. The molecular formula is C22H19ClN2O2. The Hall–Kier alpha value is -3.03. The lowest BCUT2D eigenvalue weighted by Gasteiger charge is -2.19. The molecular weight excluding hydrogens is 360 g/mol. The number of rotatable bonds is 5. The van der Waals surface area contributed by atoms with Crippen molar-refractivity contribution < 1.29 is 9.21 Å². The van der Waals surface area contributed by atoms with Gasteiger partial charge >= 0.3 is 0 Å². The van der Waals surface area contributed by atoms with Gasteiger partial charge in [0, 0.05) is 17.0 Å². The van der Waals surface area contributed by atoms with E-state index in [0.717, 1.165) is 11.1 Å². The number of carbonyl (C=O) groups is 1. The normalized spacial score (nSPS) is 11.0. The number of nitriles is 1. The van der Waals surface area contributed by atoms with E-state index < -0.39 is 5.41 Å². The molecule has 3 rings (SSSR count). The van der Waals surface area contributed by atoms with Gasteiger partial charge in [0.15, 0.2) is 0 Å². The minimum atomic E-state index is -0.791. The Labute approximate surface area is 163 Å². The summed E-state index contributed by atoms with van der Waals surface area (Å²) in [6.45, 7) is 3.47. The van der Waals surface area contributed by atoms with E-state index in [1.54, 1.807) is 13.8 Å². The first kappa shape index (κ1) is 18.8. The molecule has 0 aliphatic rings. The maximum absolute atomic E-state index is 12.6. The number of hydrogen-bond acceptors (Lipinski definition) is 3. The van der Waals surface area contributed by atoms with Crippen LogP contribution in [-0.4, -0.2) is 11.8 Å². The van der Waals surface area contributed by atoms with Crippen molar-refractivity contribution in [2.24, 2.45) is 5.41 Å². The quantitative estimate of drug-likeness (QED) is 0.580. The van der Waals surface area contributed by atoms with E-state index in [9.17, 15) is 10.1 Å². The number of amides is 1. The summed E-state index contributed by atoms with van der Waals surface area (Å²) >= 11 is 5.90. The number of halogens is 1. The minimum absolute atomic E-state index is 0.137. The summed E-state index contributed by atoms with van der Waals surface area (Å²) in [6, 6.07) is 21.2. The average Bonchev–Trinajstić information content (AvgIpc) is 3.07. The third-order valence-electron chi connectivity index (χ3n) is 4.29. The highest BCUT2D eigenvalue weighted by Crippen LogP contribution is 2.41. The molecule has 1 heterocycles. The van der Waals surface area contributed by atoms with Gasteiger partial charge in [0.25, 0.3) is 0 Å². The zero-order valence-corrected chi connectivity index (χ0v) is 15.9. The van der Waals surface area contributed by atoms with Gasteiger partial charge in [0.2, 0.25) is 11.8 Å². The van der Waals surface area contributed by atoms with Crippen molar-refractivity contribution in [3.8, 4) is 28.5 Å². The van der Waals surface area contributed by atoms with E-state index in [1.165, 1.54) is 0 Å². The minimum Gasteiger partial charge on any atom is -0.438 e. The fourth-order valence-corrected chi connectivity index (χ4v) is 2.75. The van der Waals surface area contributed by atoms with E-state index >= 15 is 0 Å². The summed E-state index contributed by atoms with van der Waals surface area (Å²) in [4.78, 5) is 12.6. The molecule has 0 fully saturated rings. The second-order valence-electron chi connectivity index (χ2n) is 6.83. The van der Waals surface area contributed by atoms with Crippen LogP contribution >= 0.6 is 11.6 Å². The third-order valence-corrected chi connectivity index (χ3v) is 4.96. The first-order chi connectivity index (χ1) is 13.0. The highest BCUT2D eigenvalue weighted by Gasteiger charge is 2.30. The van der Waals surface area contributed by atoms with Crippen LogP contribution in [0.3, 0.4) is 0 Å². The number of carbonyl (C=O) groups excluding carboxylic acids is 1. The van der Waals surface area contributed by atoms with Gasteiger partial charge in [-0.05, 0) is 19.4 Å². The van der Waals surface area contributed by atoms with E-state index in [2.05, 4.69) is 11.4 Å². The molecule has 136 valence electrons. The topological polar surface area (TPSA) is 66.0 Å². The molecule has 2 aromatic carbocycles. The molecule has 4 nitrogen and oxygen atoms in total. The smallest absolute Gasteiger partial charge is 0.233 e. The van der Waals surface area contributed by atoms with Crippen molar-refractivity contribution in [3.63, 3.8) is 0 Å². The maximum atomic E-state index is 12.6. The van der Waals surface area contributed by atoms with E-state index in [4.69, 9.17) is 16.0 Å². The first-order valence-corrected chi connectivity index (χ1v) is 9.06. The number of benzene rings is 2. The first-order valence-electron chi connectivity index (χ1n) is 8.53. The number of furan rings is 1. The highest BCUT2D eigenvalue weighted by molar-refractivity contribution is 6.20. The number of nitrogens with one attached hydrogen (secondary N) is 1. The molecule has 0 aliphatic heterocycles. The molecule has 0 saturated carbocycles.